The van der Waals surface area contributed by atoms with Crippen molar-refractivity contribution in [2.75, 3.05) is 0 Å². The first-order valence-electron chi connectivity index (χ1n) is 4.23. The van der Waals surface area contributed by atoms with Crippen LogP contribution in [0.2, 0.25) is 0 Å². The summed E-state index contributed by atoms with van der Waals surface area (Å²) >= 11 is 0. The quantitative estimate of drug-likeness (QED) is 0.732. The van der Waals surface area contributed by atoms with Crippen LogP contribution in [0.25, 0.3) is 10.9 Å². The van der Waals surface area contributed by atoms with Gasteiger partial charge in [0.05, 0.1) is 18.1 Å². The van der Waals surface area contributed by atoms with Gasteiger partial charge in [-0.2, -0.15) is 10.5 Å². The molecule has 0 aliphatic rings. The van der Waals surface area contributed by atoms with Crippen molar-refractivity contribution < 1.29 is 0 Å². The van der Waals surface area contributed by atoms with Crippen LogP contribution < -0.4 is 0 Å². The highest BCUT2D eigenvalue weighted by Crippen LogP contribution is 2.22. The fourth-order valence-electron chi connectivity index (χ4n) is 1.58. The number of hydrogen-bond acceptors (Lipinski definition) is 2. The summed E-state index contributed by atoms with van der Waals surface area (Å²) in [6, 6.07) is 9.86. The van der Waals surface area contributed by atoms with E-state index in [9.17, 15) is 0 Å². The lowest BCUT2D eigenvalue weighted by atomic mass is 10.0. The number of rotatable bonds is 1. The predicted molar refractivity (Wildman–Crippen MR) is 52.3 cm³/mol. The van der Waals surface area contributed by atoms with Gasteiger partial charge in [0.2, 0.25) is 0 Å². The number of hydrogen-bond donors (Lipinski definition) is 1. The van der Waals surface area contributed by atoms with E-state index in [1.165, 1.54) is 0 Å². The van der Waals surface area contributed by atoms with Gasteiger partial charge in [-0.05, 0) is 11.6 Å². The number of fused-ring (bicyclic) bond motifs is 1. The largest absolute Gasteiger partial charge is 0.360 e. The Labute approximate surface area is 81.2 Å². The molecule has 2 aromatic rings. The lowest BCUT2D eigenvalue weighted by Crippen LogP contribution is -1.83. The van der Waals surface area contributed by atoms with Crippen molar-refractivity contribution >= 4 is 10.9 Å². The Hall–Kier alpha value is -2.26. The summed E-state index contributed by atoms with van der Waals surface area (Å²) in [5.74, 6) is 0. The molecule has 3 heteroatoms. The standard InChI is InChI=1S/C11H7N3/c12-5-4-8-2-1-3-10-11(8)9(6-13)7-14-10/h1-3,7,14H,4H2. The molecule has 0 amide bonds. The summed E-state index contributed by atoms with van der Waals surface area (Å²) in [4.78, 5) is 3.01. The summed E-state index contributed by atoms with van der Waals surface area (Å²) in [7, 11) is 0. The van der Waals surface area contributed by atoms with Gasteiger partial charge in [-0.3, -0.25) is 0 Å². The van der Waals surface area contributed by atoms with Gasteiger partial charge in [0.25, 0.3) is 0 Å². The maximum absolute atomic E-state index is 8.86. The third kappa shape index (κ3) is 1.12. The molecule has 0 atom stereocenters. The van der Waals surface area contributed by atoms with Gasteiger partial charge >= 0.3 is 0 Å². The normalized spacial score (nSPS) is 9.57. The minimum Gasteiger partial charge on any atom is -0.360 e. The highest BCUT2D eigenvalue weighted by molar-refractivity contribution is 5.89. The van der Waals surface area contributed by atoms with Crippen LogP contribution in [0.5, 0.6) is 0 Å². The van der Waals surface area contributed by atoms with E-state index in [0.717, 1.165) is 16.5 Å². The molecule has 0 aliphatic carbocycles. The molecule has 14 heavy (non-hydrogen) atoms. The van der Waals surface area contributed by atoms with E-state index in [0.29, 0.717) is 12.0 Å². The summed E-state index contributed by atoms with van der Waals surface area (Å²) < 4.78 is 0. The monoisotopic (exact) mass is 181 g/mol. The van der Waals surface area contributed by atoms with Gasteiger partial charge in [0.15, 0.2) is 0 Å². The van der Waals surface area contributed by atoms with E-state index in [-0.39, 0.29) is 0 Å². The van der Waals surface area contributed by atoms with E-state index in [4.69, 9.17) is 10.5 Å². The molecule has 66 valence electrons. The van der Waals surface area contributed by atoms with Crippen molar-refractivity contribution in [3.05, 3.63) is 35.5 Å². The van der Waals surface area contributed by atoms with Crippen molar-refractivity contribution in [3.63, 3.8) is 0 Å². The summed E-state index contributed by atoms with van der Waals surface area (Å²) in [5.41, 5.74) is 2.42. The van der Waals surface area contributed by atoms with E-state index in [1.54, 1.807) is 6.20 Å². The molecule has 0 spiro atoms. The number of aromatic nitrogens is 1. The molecule has 0 saturated heterocycles. The third-order valence-electron chi connectivity index (χ3n) is 2.18. The Morgan fingerprint density at radius 2 is 2.14 bits per heavy atom. The molecule has 1 aromatic heterocycles. The molecule has 1 heterocycles. The van der Waals surface area contributed by atoms with Gasteiger partial charge in [0.1, 0.15) is 6.07 Å². The maximum atomic E-state index is 8.86. The fraction of sp³-hybridized carbons (Fsp3) is 0.0909. The van der Waals surface area contributed by atoms with E-state index < -0.39 is 0 Å². The van der Waals surface area contributed by atoms with Gasteiger partial charge in [-0.25, -0.2) is 0 Å². The predicted octanol–water partition coefficient (Wildman–Crippen LogP) is 2.11. The molecule has 0 aliphatic heterocycles. The molecule has 1 aromatic carbocycles. The lowest BCUT2D eigenvalue weighted by Gasteiger charge is -1.97. The zero-order chi connectivity index (χ0) is 9.97. The number of aromatic amines is 1. The zero-order valence-corrected chi connectivity index (χ0v) is 7.41. The topological polar surface area (TPSA) is 63.4 Å². The molecule has 0 saturated carbocycles. The van der Waals surface area contributed by atoms with Crippen LogP contribution in [0.4, 0.5) is 0 Å². The fourth-order valence-corrected chi connectivity index (χ4v) is 1.58. The Morgan fingerprint density at radius 3 is 2.86 bits per heavy atom. The molecule has 0 bridgehead atoms. The lowest BCUT2D eigenvalue weighted by molar-refractivity contribution is 1.29. The smallest absolute Gasteiger partial charge is 0.101 e. The van der Waals surface area contributed by atoms with Gasteiger partial charge in [-0.1, -0.05) is 12.1 Å². The van der Waals surface area contributed by atoms with Gasteiger partial charge in [-0.15, -0.1) is 0 Å². The molecule has 0 unspecified atom stereocenters. The summed E-state index contributed by atoms with van der Waals surface area (Å²) in [6.45, 7) is 0. The number of H-pyrrole nitrogens is 1. The van der Waals surface area contributed by atoms with Crippen LogP contribution >= 0.6 is 0 Å². The molecule has 2 rings (SSSR count). The maximum Gasteiger partial charge on any atom is 0.101 e. The number of nitriles is 2. The molecule has 0 fully saturated rings. The van der Waals surface area contributed by atoms with Crippen LogP contribution in [0, 0.1) is 22.7 Å². The van der Waals surface area contributed by atoms with Crippen molar-refractivity contribution in [2.45, 2.75) is 6.42 Å². The van der Waals surface area contributed by atoms with Crippen molar-refractivity contribution in [3.8, 4) is 12.1 Å². The second-order valence-electron chi connectivity index (χ2n) is 2.99. The first-order valence-corrected chi connectivity index (χ1v) is 4.23. The van der Waals surface area contributed by atoms with Crippen LogP contribution in [0.1, 0.15) is 11.1 Å². The highest BCUT2D eigenvalue weighted by atomic mass is 14.7. The Morgan fingerprint density at radius 1 is 1.29 bits per heavy atom. The van der Waals surface area contributed by atoms with E-state index in [1.807, 2.05) is 18.2 Å². The summed E-state index contributed by atoms with van der Waals surface area (Å²) in [6.07, 6.45) is 2.01. The second kappa shape index (κ2) is 3.24. The Bertz CT molecular complexity index is 552. The first-order chi connectivity index (χ1) is 6.86. The molecule has 3 nitrogen and oxygen atoms in total. The average molecular weight is 181 g/mol. The first kappa shape index (κ1) is 8.34. The highest BCUT2D eigenvalue weighted by Gasteiger charge is 2.06. The Balaban J connectivity index is 2.78. The molecular formula is C11H7N3. The van der Waals surface area contributed by atoms with Crippen molar-refractivity contribution in [1.82, 2.24) is 4.98 Å². The van der Waals surface area contributed by atoms with Crippen molar-refractivity contribution in [1.29, 1.82) is 10.5 Å². The van der Waals surface area contributed by atoms with E-state index in [2.05, 4.69) is 17.1 Å². The Kier molecular flexibility index (Phi) is 1.93. The zero-order valence-electron chi connectivity index (χ0n) is 7.41. The molecule has 1 N–H and O–H groups in total. The van der Waals surface area contributed by atoms with Crippen LogP contribution in [0.3, 0.4) is 0 Å². The number of nitrogens with one attached hydrogen (secondary N) is 1. The minimum atomic E-state index is 0.337. The number of benzene rings is 1. The van der Waals surface area contributed by atoms with Crippen LogP contribution in [-0.4, -0.2) is 4.98 Å². The van der Waals surface area contributed by atoms with Gasteiger partial charge < -0.3 is 4.98 Å². The van der Waals surface area contributed by atoms with Crippen molar-refractivity contribution in [2.24, 2.45) is 0 Å². The van der Waals surface area contributed by atoms with Crippen LogP contribution in [-0.2, 0) is 6.42 Å². The third-order valence-corrected chi connectivity index (χ3v) is 2.18. The molecule has 0 radical (unpaired) electrons. The van der Waals surface area contributed by atoms with Gasteiger partial charge in [0, 0.05) is 17.1 Å². The van der Waals surface area contributed by atoms with Crippen LogP contribution in [0.15, 0.2) is 24.4 Å². The second-order valence-corrected chi connectivity index (χ2v) is 2.99. The SMILES string of the molecule is N#CCc1cccc2[nH]cc(C#N)c12. The minimum absolute atomic E-state index is 0.337. The summed E-state index contributed by atoms with van der Waals surface area (Å²) in [5, 5.41) is 18.4. The molecular weight excluding hydrogens is 174 g/mol. The van der Waals surface area contributed by atoms with E-state index >= 15 is 0 Å². The number of nitrogens with zero attached hydrogens (tertiary/aromatic N) is 2. The average Bonchev–Trinajstić information content (AvgIpc) is 2.62.